The second-order valence-electron chi connectivity index (χ2n) is 4.92. The van der Waals surface area contributed by atoms with Crippen LogP contribution in [0, 0.1) is 6.92 Å². The number of hydrogen-bond acceptors (Lipinski definition) is 4. The summed E-state index contributed by atoms with van der Waals surface area (Å²) in [5.41, 5.74) is 1.58. The molecule has 7 heteroatoms. The number of rotatable bonds is 6. The van der Waals surface area contributed by atoms with Gasteiger partial charge in [-0.15, -0.1) is 0 Å². The summed E-state index contributed by atoms with van der Waals surface area (Å²) in [5, 5.41) is 0.416. The number of benzene rings is 2. The lowest BCUT2D eigenvalue weighted by Gasteiger charge is -2.11. The zero-order chi connectivity index (χ0) is 17.0. The predicted octanol–water partition coefficient (Wildman–Crippen LogP) is 3.14. The maximum atomic E-state index is 12.3. The van der Waals surface area contributed by atoms with Gasteiger partial charge in [-0.2, -0.15) is 0 Å². The summed E-state index contributed by atoms with van der Waals surface area (Å²) in [6.45, 7) is 1.95. The topological polar surface area (TPSA) is 64.6 Å². The molecule has 0 fully saturated rings. The lowest BCUT2D eigenvalue weighted by Crippen LogP contribution is -2.23. The Labute approximate surface area is 141 Å². The minimum atomic E-state index is -3.64. The van der Waals surface area contributed by atoms with Gasteiger partial charge >= 0.3 is 0 Å². The van der Waals surface area contributed by atoms with Crippen LogP contribution >= 0.6 is 11.6 Å². The van der Waals surface area contributed by atoms with Gasteiger partial charge in [0, 0.05) is 11.6 Å². The van der Waals surface area contributed by atoms with Crippen molar-refractivity contribution in [3.05, 3.63) is 52.5 Å². The molecule has 0 unspecified atom stereocenters. The molecule has 124 valence electrons. The molecule has 0 atom stereocenters. The third kappa shape index (κ3) is 4.16. The molecule has 0 saturated carbocycles. The highest BCUT2D eigenvalue weighted by Gasteiger charge is 2.15. The van der Waals surface area contributed by atoms with E-state index in [9.17, 15) is 8.42 Å². The van der Waals surface area contributed by atoms with Crippen molar-refractivity contribution in [2.75, 3.05) is 14.2 Å². The standard InChI is InChI=1S/C16H18ClNO4S/c1-11-4-6-13(9-14(11)17)23(19,20)18-10-12-5-7-15(21-2)16(8-12)22-3/h4-9,18H,10H2,1-3H3. The second-order valence-corrected chi connectivity index (χ2v) is 7.10. The predicted molar refractivity (Wildman–Crippen MR) is 89.8 cm³/mol. The SMILES string of the molecule is COc1ccc(CNS(=O)(=O)c2ccc(C)c(Cl)c2)cc1OC. The van der Waals surface area contributed by atoms with Crippen molar-refractivity contribution in [3.8, 4) is 11.5 Å². The monoisotopic (exact) mass is 355 g/mol. The molecule has 2 aromatic carbocycles. The van der Waals surface area contributed by atoms with E-state index in [1.165, 1.54) is 19.2 Å². The number of sulfonamides is 1. The van der Waals surface area contributed by atoms with E-state index in [-0.39, 0.29) is 11.4 Å². The van der Waals surface area contributed by atoms with Crippen LogP contribution in [0.3, 0.4) is 0 Å². The fraction of sp³-hybridized carbons (Fsp3) is 0.250. The van der Waals surface area contributed by atoms with Crippen molar-refractivity contribution < 1.29 is 17.9 Å². The van der Waals surface area contributed by atoms with Crippen LogP contribution in [-0.2, 0) is 16.6 Å². The maximum Gasteiger partial charge on any atom is 0.240 e. The summed E-state index contributed by atoms with van der Waals surface area (Å²) in [7, 11) is -0.569. The van der Waals surface area contributed by atoms with Gasteiger partial charge in [0.05, 0.1) is 19.1 Å². The number of nitrogens with one attached hydrogen (secondary N) is 1. The Kier molecular flexibility index (Phi) is 5.51. The first-order valence-electron chi connectivity index (χ1n) is 6.84. The summed E-state index contributed by atoms with van der Waals surface area (Å²) < 4.78 is 37.5. The molecule has 0 aliphatic carbocycles. The first kappa shape index (κ1) is 17.6. The smallest absolute Gasteiger partial charge is 0.240 e. The van der Waals surface area contributed by atoms with Crippen molar-refractivity contribution in [1.29, 1.82) is 0 Å². The van der Waals surface area contributed by atoms with Gasteiger partial charge in [0.1, 0.15) is 0 Å². The van der Waals surface area contributed by atoms with Crippen LogP contribution in [0.15, 0.2) is 41.3 Å². The van der Waals surface area contributed by atoms with E-state index in [1.54, 1.807) is 31.4 Å². The summed E-state index contributed by atoms with van der Waals surface area (Å²) in [6.07, 6.45) is 0. The third-order valence-electron chi connectivity index (χ3n) is 3.37. The van der Waals surface area contributed by atoms with Crippen molar-refractivity contribution in [3.63, 3.8) is 0 Å². The first-order chi connectivity index (χ1) is 10.9. The summed E-state index contributed by atoms with van der Waals surface area (Å²) >= 11 is 5.99. The van der Waals surface area contributed by atoms with Gasteiger partial charge in [-0.05, 0) is 42.3 Å². The molecule has 0 bridgehead atoms. The Morgan fingerprint density at radius 2 is 1.74 bits per heavy atom. The van der Waals surface area contributed by atoms with Crippen LogP contribution in [0.25, 0.3) is 0 Å². The number of halogens is 1. The Bertz CT molecular complexity index is 806. The maximum absolute atomic E-state index is 12.3. The quantitative estimate of drug-likeness (QED) is 0.864. The van der Waals surface area contributed by atoms with Crippen LogP contribution in [-0.4, -0.2) is 22.6 Å². The lowest BCUT2D eigenvalue weighted by atomic mass is 10.2. The Balaban J connectivity index is 2.17. The number of methoxy groups -OCH3 is 2. The molecule has 0 aliphatic rings. The fourth-order valence-electron chi connectivity index (χ4n) is 1.99. The molecule has 0 heterocycles. The highest BCUT2D eigenvalue weighted by atomic mass is 35.5. The number of hydrogen-bond donors (Lipinski definition) is 1. The summed E-state index contributed by atoms with van der Waals surface area (Å²) in [6, 6.07) is 9.86. The Morgan fingerprint density at radius 1 is 1.04 bits per heavy atom. The molecule has 2 rings (SSSR count). The number of ether oxygens (including phenoxy) is 2. The van der Waals surface area contributed by atoms with Crippen LogP contribution < -0.4 is 14.2 Å². The molecule has 0 aliphatic heterocycles. The number of aryl methyl sites for hydroxylation is 1. The van der Waals surface area contributed by atoms with Gasteiger partial charge in [-0.25, -0.2) is 13.1 Å². The molecule has 0 aromatic heterocycles. The molecule has 2 aromatic rings. The van der Waals surface area contributed by atoms with E-state index in [0.717, 1.165) is 11.1 Å². The van der Waals surface area contributed by atoms with Crippen molar-refractivity contribution >= 4 is 21.6 Å². The van der Waals surface area contributed by atoms with E-state index < -0.39 is 10.0 Å². The third-order valence-corrected chi connectivity index (χ3v) is 5.17. The van der Waals surface area contributed by atoms with E-state index in [0.29, 0.717) is 16.5 Å². The molecule has 5 nitrogen and oxygen atoms in total. The molecular weight excluding hydrogens is 338 g/mol. The Morgan fingerprint density at radius 3 is 2.35 bits per heavy atom. The second kappa shape index (κ2) is 7.21. The van der Waals surface area contributed by atoms with Gasteiger partial charge in [0.2, 0.25) is 10.0 Å². The van der Waals surface area contributed by atoms with E-state index in [4.69, 9.17) is 21.1 Å². The van der Waals surface area contributed by atoms with Gasteiger partial charge in [-0.3, -0.25) is 0 Å². The van der Waals surface area contributed by atoms with Gasteiger partial charge in [0.15, 0.2) is 11.5 Å². The molecule has 0 radical (unpaired) electrons. The minimum Gasteiger partial charge on any atom is -0.493 e. The molecule has 1 N–H and O–H groups in total. The van der Waals surface area contributed by atoms with E-state index in [2.05, 4.69) is 4.72 Å². The average molecular weight is 356 g/mol. The highest BCUT2D eigenvalue weighted by molar-refractivity contribution is 7.89. The van der Waals surface area contributed by atoms with Crippen LogP contribution in [0.4, 0.5) is 0 Å². The van der Waals surface area contributed by atoms with Crippen molar-refractivity contribution in [2.24, 2.45) is 0 Å². The molecular formula is C16H18ClNO4S. The highest BCUT2D eigenvalue weighted by Crippen LogP contribution is 2.27. The molecule has 0 amide bonds. The lowest BCUT2D eigenvalue weighted by molar-refractivity contribution is 0.354. The zero-order valence-electron chi connectivity index (χ0n) is 13.1. The van der Waals surface area contributed by atoms with Crippen molar-refractivity contribution in [1.82, 2.24) is 4.72 Å². The summed E-state index contributed by atoms with van der Waals surface area (Å²) in [4.78, 5) is 0.133. The van der Waals surface area contributed by atoms with Crippen LogP contribution in [0.1, 0.15) is 11.1 Å². The average Bonchev–Trinajstić information content (AvgIpc) is 2.55. The molecule has 0 spiro atoms. The Hall–Kier alpha value is -1.76. The van der Waals surface area contributed by atoms with E-state index in [1.807, 2.05) is 6.92 Å². The minimum absolute atomic E-state index is 0.133. The first-order valence-corrected chi connectivity index (χ1v) is 8.70. The van der Waals surface area contributed by atoms with Crippen molar-refractivity contribution in [2.45, 2.75) is 18.4 Å². The van der Waals surface area contributed by atoms with Gasteiger partial charge in [-0.1, -0.05) is 23.7 Å². The van der Waals surface area contributed by atoms with Crippen LogP contribution in [0.2, 0.25) is 5.02 Å². The van der Waals surface area contributed by atoms with Crippen LogP contribution in [0.5, 0.6) is 11.5 Å². The zero-order valence-corrected chi connectivity index (χ0v) is 14.7. The van der Waals surface area contributed by atoms with Gasteiger partial charge in [0.25, 0.3) is 0 Å². The normalized spacial score (nSPS) is 11.3. The van der Waals surface area contributed by atoms with E-state index >= 15 is 0 Å². The van der Waals surface area contributed by atoms with Gasteiger partial charge < -0.3 is 9.47 Å². The largest absolute Gasteiger partial charge is 0.493 e. The summed E-state index contributed by atoms with van der Waals surface area (Å²) in [5.74, 6) is 1.13. The fourth-order valence-corrected chi connectivity index (χ4v) is 3.28. The molecule has 23 heavy (non-hydrogen) atoms. The molecule has 0 saturated heterocycles.